The molecule has 0 atom stereocenters. The molecule has 0 aromatic heterocycles. The van der Waals surface area contributed by atoms with Crippen LogP contribution in [0.4, 0.5) is 5.69 Å². The van der Waals surface area contributed by atoms with Gasteiger partial charge in [0.2, 0.25) is 0 Å². The fourth-order valence-electron chi connectivity index (χ4n) is 2.13. The van der Waals surface area contributed by atoms with Crippen molar-refractivity contribution >= 4 is 33.3 Å². The highest BCUT2D eigenvalue weighted by molar-refractivity contribution is 7.92. The predicted molar refractivity (Wildman–Crippen MR) is 93.5 cm³/mol. The zero-order valence-corrected chi connectivity index (χ0v) is 15.2. The van der Waals surface area contributed by atoms with Gasteiger partial charge in [0.15, 0.2) is 11.5 Å². The molecule has 0 aliphatic rings. The summed E-state index contributed by atoms with van der Waals surface area (Å²) >= 11 is 6.08. The molecule has 0 amide bonds. The Bertz CT molecular complexity index is 926. The smallest absolute Gasteiger partial charge is 0.335 e. The molecule has 2 N–H and O–H groups in total. The third-order valence-corrected chi connectivity index (χ3v) is 5.14. The van der Waals surface area contributed by atoms with Crippen LogP contribution in [0, 0.1) is 6.92 Å². The Morgan fingerprint density at radius 3 is 2.28 bits per heavy atom. The lowest BCUT2D eigenvalue weighted by molar-refractivity contribution is 0.0696. The van der Waals surface area contributed by atoms with E-state index in [1.165, 1.54) is 38.5 Å². The first-order chi connectivity index (χ1) is 11.7. The van der Waals surface area contributed by atoms with Gasteiger partial charge >= 0.3 is 5.97 Å². The molecular formula is C16H16ClNO6S. The number of sulfonamides is 1. The van der Waals surface area contributed by atoms with Crippen molar-refractivity contribution in [1.82, 2.24) is 0 Å². The van der Waals surface area contributed by atoms with Gasteiger partial charge in [-0.25, -0.2) is 13.2 Å². The zero-order chi connectivity index (χ0) is 18.8. The van der Waals surface area contributed by atoms with E-state index in [0.29, 0.717) is 17.1 Å². The third kappa shape index (κ3) is 3.97. The fraction of sp³-hybridized carbons (Fsp3) is 0.188. The molecule has 2 aromatic carbocycles. The van der Waals surface area contributed by atoms with Crippen LogP contribution in [0.15, 0.2) is 35.2 Å². The SMILES string of the molecule is COc1cc(Cl)c(NS(=O)(=O)c2ccc(C)c(C(=O)O)c2)cc1OC. The van der Waals surface area contributed by atoms with Crippen molar-refractivity contribution in [3.63, 3.8) is 0 Å². The van der Waals surface area contributed by atoms with Crippen LogP contribution in [0.3, 0.4) is 0 Å². The summed E-state index contributed by atoms with van der Waals surface area (Å²) in [6.07, 6.45) is 0. The maximum absolute atomic E-state index is 12.6. The van der Waals surface area contributed by atoms with Crippen LogP contribution in [0.2, 0.25) is 5.02 Å². The molecule has 0 fully saturated rings. The average Bonchev–Trinajstić information content (AvgIpc) is 2.56. The van der Waals surface area contributed by atoms with E-state index in [1.54, 1.807) is 6.92 Å². The summed E-state index contributed by atoms with van der Waals surface area (Å²) in [7, 11) is -1.21. The van der Waals surface area contributed by atoms with Crippen molar-refractivity contribution in [3.05, 3.63) is 46.5 Å². The highest BCUT2D eigenvalue weighted by Gasteiger charge is 2.20. The van der Waals surface area contributed by atoms with Crippen LogP contribution >= 0.6 is 11.6 Å². The third-order valence-electron chi connectivity index (χ3n) is 3.47. The molecule has 0 aliphatic carbocycles. The van der Waals surface area contributed by atoms with E-state index in [4.69, 9.17) is 26.2 Å². The van der Waals surface area contributed by atoms with Gasteiger partial charge in [0.1, 0.15) is 0 Å². The fourth-order valence-corrected chi connectivity index (χ4v) is 3.49. The van der Waals surface area contributed by atoms with Gasteiger partial charge < -0.3 is 14.6 Å². The summed E-state index contributed by atoms with van der Waals surface area (Å²) in [5.41, 5.74) is 0.439. The van der Waals surface area contributed by atoms with E-state index >= 15 is 0 Å². The second-order valence-corrected chi connectivity index (χ2v) is 7.16. The van der Waals surface area contributed by atoms with Gasteiger partial charge in [0.05, 0.1) is 35.4 Å². The summed E-state index contributed by atoms with van der Waals surface area (Å²) in [5, 5.41) is 9.25. The van der Waals surface area contributed by atoms with Crippen molar-refractivity contribution in [2.24, 2.45) is 0 Å². The van der Waals surface area contributed by atoms with E-state index in [1.807, 2.05) is 0 Å². The van der Waals surface area contributed by atoms with Crippen LogP contribution < -0.4 is 14.2 Å². The lowest BCUT2D eigenvalue weighted by atomic mass is 10.1. The topological polar surface area (TPSA) is 102 Å². The van der Waals surface area contributed by atoms with Gasteiger partial charge in [0, 0.05) is 12.1 Å². The minimum atomic E-state index is -4.05. The summed E-state index contributed by atoms with van der Waals surface area (Å²) in [6.45, 7) is 1.58. The van der Waals surface area contributed by atoms with E-state index < -0.39 is 16.0 Å². The van der Waals surface area contributed by atoms with Crippen LogP contribution in [-0.2, 0) is 10.0 Å². The molecule has 134 valence electrons. The van der Waals surface area contributed by atoms with Gasteiger partial charge in [-0.3, -0.25) is 4.72 Å². The molecule has 0 saturated carbocycles. The molecule has 7 nitrogen and oxygen atoms in total. The van der Waals surface area contributed by atoms with Gasteiger partial charge in [0.25, 0.3) is 10.0 Å². The molecule has 0 unspecified atom stereocenters. The molecule has 0 saturated heterocycles. The summed E-state index contributed by atoms with van der Waals surface area (Å²) in [6, 6.07) is 6.63. The van der Waals surface area contributed by atoms with Gasteiger partial charge in [-0.05, 0) is 24.6 Å². The number of nitrogens with one attached hydrogen (secondary N) is 1. The predicted octanol–water partition coefficient (Wildman–Crippen LogP) is 3.16. The number of carbonyl (C=O) groups is 1. The Labute approximate surface area is 150 Å². The van der Waals surface area contributed by atoms with Gasteiger partial charge in [-0.15, -0.1) is 0 Å². The maximum Gasteiger partial charge on any atom is 0.335 e. The number of rotatable bonds is 6. The number of hydrogen-bond donors (Lipinski definition) is 2. The number of anilines is 1. The first-order valence-electron chi connectivity index (χ1n) is 6.98. The summed E-state index contributed by atoms with van der Waals surface area (Å²) in [4.78, 5) is 11.0. The quantitative estimate of drug-likeness (QED) is 0.791. The highest BCUT2D eigenvalue weighted by atomic mass is 35.5. The largest absolute Gasteiger partial charge is 0.493 e. The molecule has 0 bridgehead atoms. The number of halogens is 1. The Morgan fingerprint density at radius 1 is 1.12 bits per heavy atom. The van der Waals surface area contributed by atoms with E-state index in [0.717, 1.165) is 6.07 Å². The van der Waals surface area contributed by atoms with E-state index in [2.05, 4.69) is 4.72 Å². The number of methoxy groups -OCH3 is 2. The number of aryl methyl sites for hydroxylation is 1. The maximum atomic E-state index is 12.6. The minimum Gasteiger partial charge on any atom is -0.493 e. The first kappa shape index (κ1) is 18.9. The molecule has 0 aliphatic heterocycles. The molecule has 2 rings (SSSR count). The normalized spacial score (nSPS) is 11.0. The van der Waals surface area contributed by atoms with Gasteiger partial charge in [-0.1, -0.05) is 17.7 Å². The van der Waals surface area contributed by atoms with Crippen LogP contribution in [-0.4, -0.2) is 33.7 Å². The summed E-state index contributed by atoms with van der Waals surface area (Å²) in [5.74, 6) is -0.572. The number of carboxylic acid groups (broad SMARTS) is 1. The van der Waals surface area contributed by atoms with Crippen molar-refractivity contribution < 1.29 is 27.8 Å². The van der Waals surface area contributed by atoms with Crippen molar-refractivity contribution in [2.75, 3.05) is 18.9 Å². The number of aromatic carboxylic acids is 1. The lowest BCUT2D eigenvalue weighted by Crippen LogP contribution is -2.14. The molecule has 2 aromatic rings. The number of ether oxygens (including phenoxy) is 2. The molecular weight excluding hydrogens is 370 g/mol. The zero-order valence-electron chi connectivity index (χ0n) is 13.7. The average molecular weight is 386 g/mol. The van der Waals surface area contributed by atoms with Gasteiger partial charge in [-0.2, -0.15) is 0 Å². The Balaban J connectivity index is 2.46. The molecule has 0 heterocycles. The number of benzene rings is 2. The standard InChI is InChI=1S/C16H16ClNO6S/c1-9-4-5-10(6-11(9)16(19)20)25(21,22)18-13-8-15(24-3)14(23-2)7-12(13)17/h4-8,18H,1-3H3,(H,19,20). The Hall–Kier alpha value is -2.45. The highest BCUT2D eigenvalue weighted by Crippen LogP contribution is 2.37. The van der Waals surface area contributed by atoms with E-state index in [-0.39, 0.29) is 21.2 Å². The minimum absolute atomic E-state index is 0.0803. The second kappa shape index (κ2) is 7.20. The molecule has 0 radical (unpaired) electrons. The van der Waals surface area contributed by atoms with Crippen molar-refractivity contribution in [3.8, 4) is 11.5 Å². The van der Waals surface area contributed by atoms with E-state index in [9.17, 15) is 13.2 Å². The van der Waals surface area contributed by atoms with Crippen molar-refractivity contribution in [1.29, 1.82) is 0 Å². The Kier molecular flexibility index (Phi) is 5.44. The number of hydrogen-bond acceptors (Lipinski definition) is 5. The monoisotopic (exact) mass is 385 g/mol. The number of carboxylic acids is 1. The van der Waals surface area contributed by atoms with Crippen LogP contribution in [0.1, 0.15) is 15.9 Å². The van der Waals surface area contributed by atoms with Crippen LogP contribution in [0.5, 0.6) is 11.5 Å². The molecule has 25 heavy (non-hydrogen) atoms. The Morgan fingerprint density at radius 2 is 1.72 bits per heavy atom. The molecule has 9 heteroatoms. The molecule has 0 spiro atoms. The van der Waals surface area contributed by atoms with Crippen molar-refractivity contribution in [2.45, 2.75) is 11.8 Å². The second-order valence-electron chi connectivity index (χ2n) is 5.07. The van der Waals surface area contributed by atoms with Crippen LogP contribution in [0.25, 0.3) is 0 Å². The first-order valence-corrected chi connectivity index (χ1v) is 8.84. The lowest BCUT2D eigenvalue weighted by Gasteiger charge is -2.14. The summed E-state index contributed by atoms with van der Waals surface area (Å²) < 4.78 is 37.7.